The van der Waals surface area contributed by atoms with Gasteiger partial charge in [0.05, 0.1) is 6.20 Å². The Hall–Kier alpha value is -4.68. The summed E-state index contributed by atoms with van der Waals surface area (Å²) < 4.78 is 19.7. The molecule has 0 saturated carbocycles. The fourth-order valence-corrected chi connectivity index (χ4v) is 3.74. The lowest BCUT2D eigenvalue weighted by atomic mass is 10.2. The Labute approximate surface area is 198 Å². The highest BCUT2D eigenvalue weighted by atomic mass is 19.1. The second kappa shape index (κ2) is 9.29. The van der Waals surface area contributed by atoms with Crippen molar-refractivity contribution in [3.8, 4) is 5.75 Å². The number of carbonyl (C=O) groups excluding carboxylic acids is 1. The molecule has 12 nitrogen and oxygen atoms in total. The van der Waals surface area contributed by atoms with Crippen molar-refractivity contribution in [2.24, 2.45) is 0 Å². The molecule has 2 aromatic heterocycles. The van der Waals surface area contributed by atoms with Crippen molar-refractivity contribution in [1.29, 1.82) is 0 Å². The van der Waals surface area contributed by atoms with Crippen LogP contribution in [0.5, 0.6) is 5.75 Å². The summed E-state index contributed by atoms with van der Waals surface area (Å²) in [7, 11) is 0. The summed E-state index contributed by atoms with van der Waals surface area (Å²) in [6.07, 6.45) is 0.122. The first-order valence-electron chi connectivity index (χ1n) is 10.8. The van der Waals surface area contributed by atoms with Crippen LogP contribution in [0.1, 0.15) is 0 Å². The summed E-state index contributed by atoms with van der Waals surface area (Å²) >= 11 is 0. The van der Waals surface area contributed by atoms with Gasteiger partial charge < -0.3 is 35.6 Å². The van der Waals surface area contributed by atoms with Gasteiger partial charge in [0.25, 0.3) is 5.91 Å². The molecule has 0 radical (unpaired) electrons. The minimum Gasteiger partial charge on any atom is -0.480 e. The Balaban J connectivity index is 1.29. The number of hydrogen-bond donors (Lipinski definition) is 4. The van der Waals surface area contributed by atoms with Crippen molar-refractivity contribution >= 4 is 46.8 Å². The van der Waals surface area contributed by atoms with E-state index in [1.165, 1.54) is 4.90 Å². The molecule has 1 aromatic carbocycles. The van der Waals surface area contributed by atoms with Gasteiger partial charge in [0, 0.05) is 37.6 Å². The fraction of sp³-hybridized carbons (Fsp3) is 0.227. The molecule has 0 spiro atoms. The van der Waals surface area contributed by atoms with Gasteiger partial charge in [0.15, 0.2) is 29.8 Å². The highest BCUT2D eigenvalue weighted by molar-refractivity contribution is 5.94. The highest BCUT2D eigenvalue weighted by Gasteiger charge is 2.21. The largest absolute Gasteiger partial charge is 0.480 e. The Morgan fingerprint density at radius 1 is 1.11 bits per heavy atom. The van der Waals surface area contributed by atoms with Crippen molar-refractivity contribution in [3.05, 3.63) is 48.4 Å². The number of hydrogen-bond acceptors (Lipinski definition) is 9. The van der Waals surface area contributed by atoms with E-state index in [4.69, 9.17) is 9.84 Å². The molecule has 2 aliphatic rings. The van der Waals surface area contributed by atoms with Crippen LogP contribution in [0.4, 0.5) is 44.0 Å². The average molecular weight is 480 g/mol. The number of nitrogens with zero attached hydrogens (tertiary/aromatic N) is 5. The third kappa shape index (κ3) is 4.98. The van der Waals surface area contributed by atoms with E-state index in [1.807, 2.05) is 24.3 Å². The van der Waals surface area contributed by atoms with Crippen LogP contribution in [-0.4, -0.2) is 69.7 Å². The van der Waals surface area contributed by atoms with Gasteiger partial charge >= 0.3 is 6.09 Å². The molecule has 13 heteroatoms. The van der Waals surface area contributed by atoms with Crippen LogP contribution in [0.3, 0.4) is 0 Å². The molecule has 0 bridgehead atoms. The Bertz CT molecular complexity index is 1280. The zero-order chi connectivity index (χ0) is 24.4. The Morgan fingerprint density at radius 3 is 2.74 bits per heavy atom. The highest BCUT2D eigenvalue weighted by Crippen LogP contribution is 2.29. The molecule has 3 aromatic rings. The molecule has 2 aliphatic heterocycles. The SMILES string of the molecule is O=C1COc2ccc(Nc3nc(Nc4cccc(N5CCN(C(=O)O)CC5)c4)ncc3F)nc2N1. The number of aromatic nitrogens is 3. The van der Waals surface area contributed by atoms with Crippen LogP contribution in [0.2, 0.25) is 0 Å². The number of carbonyl (C=O) groups is 2. The maximum atomic E-state index is 14.4. The lowest BCUT2D eigenvalue weighted by molar-refractivity contribution is -0.118. The predicted molar refractivity (Wildman–Crippen MR) is 125 cm³/mol. The molecule has 4 heterocycles. The molecular formula is C22H21FN8O4. The summed E-state index contributed by atoms with van der Waals surface area (Å²) in [5, 5.41) is 17.6. The summed E-state index contributed by atoms with van der Waals surface area (Å²) in [6.45, 7) is 1.92. The maximum absolute atomic E-state index is 14.4. The van der Waals surface area contributed by atoms with Gasteiger partial charge in [0.2, 0.25) is 5.95 Å². The molecule has 35 heavy (non-hydrogen) atoms. The predicted octanol–water partition coefficient (Wildman–Crippen LogP) is 2.63. The molecular weight excluding hydrogens is 459 g/mol. The standard InChI is InChI=1S/C22H21FN8O4/c23-15-11-24-21(29-19(15)26-17-5-4-16-20(27-17)28-18(32)12-35-16)25-13-2-1-3-14(10-13)30-6-8-31(9-7-30)22(33)34/h1-5,10-11H,6-9,12H2,(H,33,34)(H3,24,25,26,27,28,29,32). The Kier molecular flexibility index (Phi) is 5.87. The quantitative estimate of drug-likeness (QED) is 0.430. The van der Waals surface area contributed by atoms with Gasteiger partial charge in [-0.15, -0.1) is 0 Å². The summed E-state index contributed by atoms with van der Waals surface area (Å²) in [4.78, 5) is 38.6. The van der Waals surface area contributed by atoms with Crippen LogP contribution in [0.25, 0.3) is 0 Å². The minimum atomic E-state index is -0.915. The number of piperazine rings is 1. The zero-order valence-corrected chi connectivity index (χ0v) is 18.4. The topological polar surface area (TPSA) is 145 Å². The number of halogens is 1. The number of fused-ring (bicyclic) bond motifs is 1. The van der Waals surface area contributed by atoms with Crippen molar-refractivity contribution in [2.75, 3.05) is 53.6 Å². The molecule has 5 rings (SSSR count). The normalized spacial score (nSPS) is 15.1. The van der Waals surface area contributed by atoms with Gasteiger partial charge in [-0.2, -0.15) is 4.98 Å². The lowest BCUT2D eigenvalue weighted by Crippen LogP contribution is -2.48. The number of rotatable bonds is 5. The first-order valence-corrected chi connectivity index (χ1v) is 10.8. The van der Waals surface area contributed by atoms with Gasteiger partial charge in [-0.05, 0) is 30.3 Å². The van der Waals surface area contributed by atoms with E-state index in [0.717, 1.165) is 11.9 Å². The van der Waals surface area contributed by atoms with Crippen LogP contribution in [-0.2, 0) is 4.79 Å². The third-order valence-electron chi connectivity index (χ3n) is 5.48. The molecule has 0 atom stereocenters. The van der Waals surface area contributed by atoms with Crippen LogP contribution in [0, 0.1) is 5.82 Å². The Morgan fingerprint density at radius 2 is 1.94 bits per heavy atom. The third-order valence-corrected chi connectivity index (χ3v) is 5.48. The number of benzene rings is 1. The molecule has 2 amide bonds. The van der Waals surface area contributed by atoms with Crippen molar-refractivity contribution in [3.63, 3.8) is 0 Å². The van der Waals surface area contributed by atoms with Crippen LogP contribution < -0.4 is 25.6 Å². The van der Waals surface area contributed by atoms with Gasteiger partial charge in [-0.25, -0.2) is 19.2 Å². The molecule has 4 N–H and O–H groups in total. The number of carboxylic acid groups (broad SMARTS) is 1. The van der Waals surface area contributed by atoms with E-state index < -0.39 is 11.9 Å². The second-order valence-electron chi connectivity index (χ2n) is 7.83. The van der Waals surface area contributed by atoms with E-state index >= 15 is 0 Å². The average Bonchev–Trinajstić information content (AvgIpc) is 2.86. The second-order valence-corrected chi connectivity index (χ2v) is 7.83. The maximum Gasteiger partial charge on any atom is 0.407 e. The van der Waals surface area contributed by atoms with Crippen molar-refractivity contribution < 1.29 is 23.8 Å². The van der Waals surface area contributed by atoms with Crippen molar-refractivity contribution in [1.82, 2.24) is 19.9 Å². The number of anilines is 6. The zero-order valence-electron chi connectivity index (χ0n) is 18.4. The lowest BCUT2D eigenvalue weighted by Gasteiger charge is -2.34. The van der Waals surface area contributed by atoms with Gasteiger partial charge in [-0.1, -0.05) is 6.07 Å². The van der Waals surface area contributed by atoms with Gasteiger partial charge in [0.1, 0.15) is 5.82 Å². The summed E-state index contributed by atoms with van der Waals surface area (Å²) in [5.41, 5.74) is 1.61. The van der Waals surface area contributed by atoms with E-state index in [0.29, 0.717) is 37.6 Å². The molecule has 1 fully saturated rings. The fourth-order valence-electron chi connectivity index (χ4n) is 3.74. The van der Waals surface area contributed by atoms with Crippen molar-refractivity contribution in [2.45, 2.75) is 0 Å². The summed E-state index contributed by atoms with van der Waals surface area (Å²) in [5.74, 6) is -0.0193. The number of pyridine rings is 1. The molecule has 0 aliphatic carbocycles. The van der Waals surface area contributed by atoms with E-state index in [9.17, 15) is 14.0 Å². The number of nitrogens with one attached hydrogen (secondary N) is 3. The minimum absolute atomic E-state index is 0.0865. The molecule has 0 unspecified atom stereocenters. The molecule has 1 saturated heterocycles. The number of amides is 2. The van der Waals surface area contributed by atoms with E-state index in [-0.39, 0.29) is 35.9 Å². The monoisotopic (exact) mass is 480 g/mol. The van der Waals surface area contributed by atoms with E-state index in [1.54, 1.807) is 12.1 Å². The first kappa shape index (κ1) is 22.1. The summed E-state index contributed by atoms with van der Waals surface area (Å²) in [6, 6.07) is 10.7. The smallest absolute Gasteiger partial charge is 0.407 e. The number of ether oxygens (including phenoxy) is 1. The molecule has 180 valence electrons. The van der Waals surface area contributed by atoms with Crippen LogP contribution >= 0.6 is 0 Å². The first-order chi connectivity index (χ1) is 16.9. The van der Waals surface area contributed by atoms with Gasteiger partial charge in [-0.3, -0.25) is 4.79 Å². The van der Waals surface area contributed by atoms with Crippen LogP contribution in [0.15, 0.2) is 42.6 Å². The van der Waals surface area contributed by atoms with E-state index in [2.05, 4.69) is 35.8 Å².